The van der Waals surface area contributed by atoms with Gasteiger partial charge in [0.15, 0.2) is 5.43 Å². The fourth-order valence-electron chi connectivity index (χ4n) is 4.39. The van der Waals surface area contributed by atoms with Crippen LogP contribution in [0.25, 0.3) is 54.5 Å². The van der Waals surface area contributed by atoms with E-state index in [9.17, 15) is 4.79 Å². The number of H-pyrrole nitrogens is 1. The largest absolute Gasteiger partial charge is 0.354 e. The Hall–Kier alpha value is -3.91. The first-order chi connectivity index (χ1) is 14.3. The Bertz CT molecular complexity index is 1630. The summed E-state index contributed by atoms with van der Waals surface area (Å²) in [5.74, 6) is 0. The monoisotopic (exact) mass is 371 g/mol. The lowest BCUT2D eigenvalue weighted by Crippen LogP contribution is -1.96. The first-order valence-corrected chi connectivity index (χ1v) is 9.75. The number of aromatic amines is 1. The Morgan fingerprint density at radius 3 is 2.24 bits per heavy atom. The molecule has 0 saturated heterocycles. The van der Waals surface area contributed by atoms with Gasteiger partial charge in [0, 0.05) is 21.7 Å². The average Bonchev–Trinajstić information content (AvgIpc) is 2.77. The van der Waals surface area contributed by atoms with Gasteiger partial charge in [-0.1, -0.05) is 66.7 Å². The van der Waals surface area contributed by atoms with Crippen LogP contribution in [0.2, 0.25) is 0 Å². The van der Waals surface area contributed by atoms with Gasteiger partial charge in [-0.25, -0.2) is 0 Å². The highest BCUT2D eigenvalue weighted by Gasteiger charge is 2.12. The molecule has 1 heterocycles. The number of para-hydroxylation sites is 1. The van der Waals surface area contributed by atoms with Crippen molar-refractivity contribution in [3.63, 3.8) is 0 Å². The highest BCUT2D eigenvalue weighted by atomic mass is 16.1. The van der Waals surface area contributed by atoms with E-state index >= 15 is 0 Å². The lowest BCUT2D eigenvalue weighted by molar-refractivity contribution is 1.43. The van der Waals surface area contributed by atoms with Gasteiger partial charge in [-0.3, -0.25) is 4.79 Å². The zero-order valence-corrected chi connectivity index (χ0v) is 15.6. The Balaban J connectivity index is 1.80. The molecule has 136 valence electrons. The molecule has 0 aliphatic carbocycles. The molecule has 0 unspecified atom stereocenters. The van der Waals surface area contributed by atoms with Crippen LogP contribution in [0.1, 0.15) is 0 Å². The van der Waals surface area contributed by atoms with Crippen molar-refractivity contribution in [2.24, 2.45) is 0 Å². The summed E-state index contributed by atoms with van der Waals surface area (Å²) in [5.41, 5.74) is 3.37. The Kier molecular flexibility index (Phi) is 3.35. The second-order valence-electron chi connectivity index (χ2n) is 7.48. The number of hydrogen-bond donors (Lipinski definition) is 1. The molecule has 6 rings (SSSR count). The van der Waals surface area contributed by atoms with E-state index in [1.54, 1.807) is 12.1 Å². The molecule has 0 saturated carbocycles. The predicted octanol–water partition coefficient (Wildman–Crippen LogP) is 6.65. The molecule has 1 N–H and O–H groups in total. The fourth-order valence-corrected chi connectivity index (χ4v) is 4.39. The van der Waals surface area contributed by atoms with E-state index in [4.69, 9.17) is 0 Å². The number of hydrogen-bond acceptors (Lipinski definition) is 1. The van der Waals surface area contributed by atoms with Crippen molar-refractivity contribution < 1.29 is 0 Å². The summed E-state index contributed by atoms with van der Waals surface area (Å²) in [6, 6.07) is 32.9. The fraction of sp³-hybridized carbons (Fsp3) is 0. The maximum atomic E-state index is 11.9. The summed E-state index contributed by atoms with van der Waals surface area (Å²) in [7, 11) is 0. The lowest BCUT2D eigenvalue weighted by Gasteiger charge is -2.14. The summed E-state index contributed by atoms with van der Waals surface area (Å²) >= 11 is 0. The molecule has 2 heteroatoms. The summed E-state index contributed by atoms with van der Waals surface area (Å²) in [6.45, 7) is 0. The van der Waals surface area contributed by atoms with Gasteiger partial charge in [0.1, 0.15) is 0 Å². The third kappa shape index (κ3) is 2.46. The highest BCUT2D eigenvalue weighted by Crippen LogP contribution is 2.37. The van der Waals surface area contributed by atoms with E-state index in [0.717, 1.165) is 38.3 Å². The van der Waals surface area contributed by atoms with Gasteiger partial charge in [-0.15, -0.1) is 0 Å². The normalized spacial score (nSPS) is 11.6. The zero-order valence-electron chi connectivity index (χ0n) is 15.6. The molecule has 1 aromatic heterocycles. The molecule has 29 heavy (non-hydrogen) atoms. The molecule has 0 bridgehead atoms. The summed E-state index contributed by atoms with van der Waals surface area (Å²) in [6.07, 6.45) is 0. The van der Waals surface area contributed by atoms with Crippen molar-refractivity contribution in [1.82, 2.24) is 4.98 Å². The van der Waals surface area contributed by atoms with E-state index in [1.165, 1.54) is 16.2 Å². The van der Waals surface area contributed by atoms with Crippen molar-refractivity contribution in [2.75, 3.05) is 0 Å². The van der Waals surface area contributed by atoms with Gasteiger partial charge < -0.3 is 4.98 Å². The predicted molar refractivity (Wildman–Crippen MR) is 123 cm³/mol. The smallest absolute Gasteiger partial charge is 0.179 e. The standard InChI is InChI=1S/C27H17NO/c29-21-12-14-22-19(16-21)11-13-24-26(22)23-7-3-4-8-25(23)28-27(24)20-10-9-17-5-1-2-6-18(17)15-20/h1-16,28H. The van der Waals surface area contributed by atoms with Crippen molar-refractivity contribution in [3.8, 4) is 11.3 Å². The molecular weight excluding hydrogens is 354 g/mol. The maximum Gasteiger partial charge on any atom is 0.179 e. The number of pyridine rings is 1. The SMILES string of the molecule is O=c1ccc2c(ccc3c(-c4ccc5ccccc5c4)[nH]c4ccccc4c32)c1. The van der Waals surface area contributed by atoms with Crippen LogP contribution >= 0.6 is 0 Å². The second-order valence-corrected chi connectivity index (χ2v) is 7.48. The van der Waals surface area contributed by atoms with E-state index in [2.05, 4.69) is 77.8 Å². The van der Waals surface area contributed by atoms with E-state index in [0.29, 0.717) is 0 Å². The van der Waals surface area contributed by atoms with Crippen molar-refractivity contribution in [2.45, 2.75) is 0 Å². The topological polar surface area (TPSA) is 32.9 Å². The molecular formula is C27H17NO. The lowest BCUT2D eigenvalue weighted by atomic mass is 9.94. The number of rotatable bonds is 1. The highest BCUT2D eigenvalue weighted by molar-refractivity contribution is 6.22. The third-order valence-corrected chi connectivity index (χ3v) is 5.75. The number of fused-ring (bicyclic) bond motifs is 6. The third-order valence-electron chi connectivity index (χ3n) is 5.75. The van der Waals surface area contributed by atoms with E-state index in [-0.39, 0.29) is 5.43 Å². The molecule has 0 radical (unpaired) electrons. The van der Waals surface area contributed by atoms with Crippen molar-refractivity contribution >= 4 is 43.2 Å². The zero-order chi connectivity index (χ0) is 19.4. The van der Waals surface area contributed by atoms with Gasteiger partial charge in [-0.05, 0) is 57.4 Å². The first kappa shape index (κ1) is 16.1. The quantitative estimate of drug-likeness (QED) is 0.322. The molecule has 0 spiro atoms. The summed E-state index contributed by atoms with van der Waals surface area (Å²) in [4.78, 5) is 15.6. The number of benzene rings is 5. The minimum atomic E-state index is 0.0402. The number of aromatic nitrogens is 1. The van der Waals surface area contributed by atoms with Crippen LogP contribution in [0.4, 0.5) is 0 Å². The molecule has 2 nitrogen and oxygen atoms in total. The molecule has 0 atom stereocenters. The maximum absolute atomic E-state index is 11.9. The molecule has 6 aromatic rings. The van der Waals surface area contributed by atoms with Crippen molar-refractivity contribution in [3.05, 3.63) is 107 Å². The van der Waals surface area contributed by atoms with Gasteiger partial charge >= 0.3 is 0 Å². The van der Waals surface area contributed by atoms with E-state index in [1.807, 2.05) is 12.1 Å². The van der Waals surface area contributed by atoms with Crippen LogP contribution < -0.4 is 5.43 Å². The van der Waals surface area contributed by atoms with Crippen LogP contribution in [-0.2, 0) is 0 Å². The summed E-state index contributed by atoms with van der Waals surface area (Å²) < 4.78 is 0. The van der Waals surface area contributed by atoms with Crippen LogP contribution in [0, 0.1) is 0 Å². The van der Waals surface area contributed by atoms with E-state index < -0.39 is 0 Å². The van der Waals surface area contributed by atoms with Crippen LogP contribution in [0.15, 0.2) is 102 Å². The molecule has 5 aromatic carbocycles. The van der Waals surface area contributed by atoms with Gasteiger partial charge in [0.2, 0.25) is 0 Å². The molecule has 0 fully saturated rings. The first-order valence-electron chi connectivity index (χ1n) is 9.75. The Morgan fingerprint density at radius 1 is 0.552 bits per heavy atom. The van der Waals surface area contributed by atoms with Gasteiger partial charge in [0.05, 0.1) is 5.69 Å². The minimum Gasteiger partial charge on any atom is -0.354 e. The van der Waals surface area contributed by atoms with Crippen molar-refractivity contribution in [1.29, 1.82) is 0 Å². The second kappa shape index (κ2) is 6.05. The van der Waals surface area contributed by atoms with Crippen LogP contribution in [0.5, 0.6) is 0 Å². The van der Waals surface area contributed by atoms with Gasteiger partial charge in [0.25, 0.3) is 0 Å². The number of nitrogens with one attached hydrogen (secondary N) is 1. The average molecular weight is 371 g/mol. The molecule has 0 aliphatic rings. The molecule has 0 aliphatic heterocycles. The van der Waals surface area contributed by atoms with Crippen LogP contribution in [-0.4, -0.2) is 4.98 Å². The Morgan fingerprint density at radius 2 is 1.31 bits per heavy atom. The molecule has 0 amide bonds. The Labute approximate surface area is 167 Å². The minimum absolute atomic E-state index is 0.0402. The van der Waals surface area contributed by atoms with Gasteiger partial charge in [-0.2, -0.15) is 0 Å². The summed E-state index contributed by atoms with van der Waals surface area (Å²) in [5, 5.41) is 8.04. The van der Waals surface area contributed by atoms with Crippen LogP contribution in [0.3, 0.4) is 0 Å².